The number of urea groups is 1. The third-order valence-electron chi connectivity index (χ3n) is 5.71. The highest BCUT2D eigenvalue weighted by Gasteiger charge is 2.22. The zero-order valence-corrected chi connectivity index (χ0v) is 19.9. The number of hydrogen-bond acceptors (Lipinski definition) is 5. The van der Waals surface area contributed by atoms with Gasteiger partial charge >= 0.3 is 6.03 Å². The first-order chi connectivity index (χ1) is 15.5. The molecule has 2 aromatic carbocycles. The lowest BCUT2D eigenvalue weighted by atomic mass is 10.2. The lowest BCUT2D eigenvalue weighted by Crippen LogP contribution is -2.50. The van der Waals surface area contributed by atoms with Gasteiger partial charge < -0.3 is 29.5 Å². The molecule has 2 amide bonds. The Bertz CT molecular complexity index is 883. The van der Waals surface area contributed by atoms with Crippen LogP contribution in [0.1, 0.15) is 13.8 Å². The third-order valence-corrected chi connectivity index (χ3v) is 5.95. The minimum Gasteiger partial charge on any atom is -0.493 e. The summed E-state index contributed by atoms with van der Waals surface area (Å²) in [4.78, 5) is 19.2. The van der Waals surface area contributed by atoms with Crippen molar-refractivity contribution in [1.29, 1.82) is 0 Å². The Balaban J connectivity index is 1.55. The number of hydrogen-bond donors (Lipinski definition) is 1. The van der Waals surface area contributed by atoms with E-state index in [4.69, 9.17) is 21.1 Å². The van der Waals surface area contributed by atoms with Gasteiger partial charge in [0.05, 0.1) is 7.11 Å². The van der Waals surface area contributed by atoms with Crippen LogP contribution in [0.25, 0.3) is 0 Å². The maximum Gasteiger partial charge on any atom is 0.321 e. The molecule has 1 aliphatic heterocycles. The van der Waals surface area contributed by atoms with Gasteiger partial charge in [0.15, 0.2) is 11.5 Å². The highest BCUT2D eigenvalue weighted by Crippen LogP contribution is 2.30. The predicted molar refractivity (Wildman–Crippen MR) is 131 cm³/mol. The predicted octanol–water partition coefficient (Wildman–Crippen LogP) is 4.42. The molecule has 32 heavy (non-hydrogen) atoms. The van der Waals surface area contributed by atoms with Crippen LogP contribution in [-0.4, -0.2) is 75.4 Å². The Morgan fingerprint density at radius 1 is 1.06 bits per heavy atom. The Kier molecular flexibility index (Phi) is 8.88. The maximum absolute atomic E-state index is 12.8. The minimum absolute atomic E-state index is 0.116. The van der Waals surface area contributed by atoms with Gasteiger partial charge in [-0.2, -0.15) is 0 Å². The number of piperazine rings is 1. The average molecular weight is 461 g/mol. The Morgan fingerprint density at radius 2 is 1.81 bits per heavy atom. The standard InChI is InChI=1S/C24H33ClN4O3/c1-4-27(5-2)15-16-32-23-18-20(9-10-22(23)31-3)26-24(30)29-13-11-28(12-14-29)21-8-6-7-19(25)17-21/h6-10,17-18H,4-5,11-16H2,1-3H3,(H,26,30). The van der Waals surface area contributed by atoms with Crippen LogP contribution in [0.5, 0.6) is 11.5 Å². The van der Waals surface area contributed by atoms with Crippen LogP contribution in [0.2, 0.25) is 5.02 Å². The van der Waals surface area contributed by atoms with Crippen LogP contribution in [0.15, 0.2) is 42.5 Å². The second-order valence-electron chi connectivity index (χ2n) is 7.63. The van der Waals surface area contributed by atoms with E-state index in [9.17, 15) is 4.79 Å². The van der Waals surface area contributed by atoms with Gasteiger partial charge in [0.1, 0.15) is 6.61 Å². The largest absolute Gasteiger partial charge is 0.493 e. The highest BCUT2D eigenvalue weighted by molar-refractivity contribution is 6.30. The lowest BCUT2D eigenvalue weighted by molar-refractivity contribution is 0.208. The Hall–Kier alpha value is -2.64. The van der Waals surface area contributed by atoms with Crippen molar-refractivity contribution in [3.8, 4) is 11.5 Å². The molecular weight excluding hydrogens is 428 g/mol. The number of nitrogens with one attached hydrogen (secondary N) is 1. The van der Waals surface area contributed by atoms with Gasteiger partial charge in [0.25, 0.3) is 0 Å². The molecule has 0 aliphatic carbocycles. The third kappa shape index (κ3) is 6.43. The van der Waals surface area contributed by atoms with E-state index in [1.165, 1.54) is 0 Å². The monoisotopic (exact) mass is 460 g/mol. The molecule has 0 radical (unpaired) electrons. The molecular formula is C24H33ClN4O3. The fourth-order valence-electron chi connectivity index (χ4n) is 3.73. The van der Waals surface area contributed by atoms with Gasteiger partial charge in [0.2, 0.25) is 0 Å². The summed E-state index contributed by atoms with van der Waals surface area (Å²) in [5.41, 5.74) is 1.77. The number of amides is 2. The van der Waals surface area contributed by atoms with Crippen molar-refractivity contribution in [3.05, 3.63) is 47.5 Å². The molecule has 7 nitrogen and oxygen atoms in total. The second kappa shape index (κ2) is 11.8. The summed E-state index contributed by atoms with van der Waals surface area (Å²) in [7, 11) is 1.62. The van der Waals surface area contributed by atoms with Crippen LogP contribution in [-0.2, 0) is 0 Å². The zero-order valence-electron chi connectivity index (χ0n) is 19.1. The molecule has 0 spiro atoms. The number of carbonyl (C=O) groups is 1. The maximum atomic E-state index is 12.8. The number of halogens is 1. The number of carbonyl (C=O) groups excluding carboxylic acids is 1. The molecule has 0 unspecified atom stereocenters. The average Bonchev–Trinajstić information content (AvgIpc) is 2.82. The van der Waals surface area contributed by atoms with E-state index in [0.29, 0.717) is 36.9 Å². The quantitative estimate of drug-likeness (QED) is 0.600. The summed E-state index contributed by atoms with van der Waals surface area (Å²) in [6, 6.07) is 13.2. The van der Waals surface area contributed by atoms with Crippen LogP contribution in [0, 0.1) is 0 Å². The van der Waals surface area contributed by atoms with Gasteiger partial charge in [-0.15, -0.1) is 0 Å². The van der Waals surface area contributed by atoms with Crippen LogP contribution >= 0.6 is 11.6 Å². The SMILES string of the molecule is CCN(CC)CCOc1cc(NC(=O)N2CCN(c3cccc(Cl)c3)CC2)ccc1OC. The number of rotatable bonds is 9. The molecule has 0 atom stereocenters. The van der Waals surface area contributed by atoms with E-state index in [2.05, 4.69) is 29.0 Å². The first-order valence-corrected chi connectivity index (χ1v) is 11.5. The molecule has 1 aliphatic rings. The molecule has 3 rings (SSSR count). The van der Waals surface area contributed by atoms with Crippen molar-refractivity contribution in [2.24, 2.45) is 0 Å². The number of nitrogens with zero attached hydrogens (tertiary/aromatic N) is 3. The minimum atomic E-state index is -0.116. The summed E-state index contributed by atoms with van der Waals surface area (Å²) in [6.07, 6.45) is 0. The van der Waals surface area contributed by atoms with E-state index in [1.807, 2.05) is 47.4 Å². The van der Waals surface area contributed by atoms with E-state index < -0.39 is 0 Å². The zero-order chi connectivity index (χ0) is 22.9. The van der Waals surface area contributed by atoms with E-state index in [-0.39, 0.29) is 6.03 Å². The number of likely N-dealkylation sites (N-methyl/N-ethyl adjacent to an activating group) is 1. The number of anilines is 2. The molecule has 174 valence electrons. The van der Waals surface area contributed by atoms with Crippen molar-refractivity contribution in [3.63, 3.8) is 0 Å². The number of ether oxygens (including phenoxy) is 2. The molecule has 0 aromatic heterocycles. The number of methoxy groups -OCH3 is 1. The molecule has 1 N–H and O–H groups in total. The lowest BCUT2D eigenvalue weighted by Gasteiger charge is -2.36. The van der Waals surface area contributed by atoms with E-state index in [1.54, 1.807) is 7.11 Å². The van der Waals surface area contributed by atoms with Gasteiger partial charge in [-0.05, 0) is 43.4 Å². The van der Waals surface area contributed by atoms with Gasteiger partial charge in [0, 0.05) is 55.2 Å². The van der Waals surface area contributed by atoms with Crippen molar-refractivity contribution >= 4 is 29.0 Å². The van der Waals surface area contributed by atoms with Gasteiger partial charge in [-0.3, -0.25) is 0 Å². The topological polar surface area (TPSA) is 57.3 Å². The fourth-order valence-corrected chi connectivity index (χ4v) is 3.92. The molecule has 8 heteroatoms. The Morgan fingerprint density at radius 3 is 2.47 bits per heavy atom. The summed E-state index contributed by atoms with van der Waals surface area (Å²) in [5, 5.41) is 3.71. The summed E-state index contributed by atoms with van der Waals surface area (Å²) in [6.45, 7) is 10.4. The van der Waals surface area contributed by atoms with Crippen molar-refractivity contribution in [2.75, 3.05) is 69.7 Å². The summed E-state index contributed by atoms with van der Waals surface area (Å²) < 4.78 is 11.4. The van der Waals surface area contributed by atoms with Gasteiger partial charge in [-0.1, -0.05) is 31.5 Å². The van der Waals surface area contributed by atoms with Crippen LogP contribution in [0.3, 0.4) is 0 Å². The molecule has 0 bridgehead atoms. The summed E-state index contributed by atoms with van der Waals surface area (Å²) in [5.74, 6) is 1.28. The molecule has 1 heterocycles. The van der Waals surface area contributed by atoms with Gasteiger partial charge in [-0.25, -0.2) is 4.79 Å². The van der Waals surface area contributed by atoms with Crippen molar-refractivity contribution in [1.82, 2.24) is 9.80 Å². The normalized spacial score (nSPS) is 13.9. The molecule has 0 saturated carbocycles. The first-order valence-electron chi connectivity index (χ1n) is 11.1. The summed E-state index contributed by atoms with van der Waals surface area (Å²) >= 11 is 6.11. The highest BCUT2D eigenvalue weighted by atomic mass is 35.5. The molecule has 1 fully saturated rings. The number of benzene rings is 2. The van der Waals surface area contributed by atoms with Crippen LogP contribution in [0.4, 0.5) is 16.2 Å². The first kappa shape index (κ1) is 24.0. The Labute approximate surface area is 195 Å². The van der Waals surface area contributed by atoms with E-state index in [0.717, 1.165) is 43.4 Å². The van der Waals surface area contributed by atoms with E-state index >= 15 is 0 Å². The smallest absolute Gasteiger partial charge is 0.321 e. The second-order valence-corrected chi connectivity index (χ2v) is 8.06. The van der Waals surface area contributed by atoms with Crippen molar-refractivity contribution < 1.29 is 14.3 Å². The fraction of sp³-hybridized carbons (Fsp3) is 0.458. The molecule has 1 saturated heterocycles. The molecule has 2 aromatic rings. The van der Waals surface area contributed by atoms with Crippen LogP contribution < -0.4 is 19.7 Å². The van der Waals surface area contributed by atoms with Crippen molar-refractivity contribution in [2.45, 2.75) is 13.8 Å².